The van der Waals surface area contributed by atoms with Crippen LogP contribution in [0.3, 0.4) is 0 Å². The Labute approximate surface area is 170 Å². The van der Waals surface area contributed by atoms with Gasteiger partial charge in [0, 0.05) is 6.42 Å². The van der Waals surface area contributed by atoms with Gasteiger partial charge in [0.1, 0.15) is 11.3 Å². The van der Waals surface area contributed by atoms with E-state index in [0.29, 0.717) is 6.42 Å². The SMILES string of the molecule is CCCCCC1CC1CC1CC1CCCCCCCC(O)=C1C(=O)COC1=O. The van der Waals surface area contributed by atoms with Crippen LogP contribution in [0.4, 0.5) is 0 Å². The average molecular weight is 391 g/mol. The van der Waals surface area contributed by atoms with Crippen molar-refractivity contribution in [3.63, 3.8) is 0 Å². The monoisotopic (exact) mass is 390 g/mol. The van der Waals surface area contributed by atoms with Gasteiger partial charge >= 0.3 is 5.97 Å². The summed E-state index contributed by atoms with van der Waals surface area (Å²) in [6.45, 7) is 2.07. The van der Waals surface area contributed by atoms with E-state index < -0.39 is 5.97 Å². The lowest BCUT2D eigenvalue weighted by Crippen LogP contribution is -2.05. The minimum Gasteiger partial charge on any atom is -0.511 e. The van der Waals surface area contributed by atoms with Crippen molar-refractivity contribution in [1.82, 2.24) is 0 Å². The molecule has 0 amide bonds. The minimum absolute atomic E-state index is 0.0820. The predicted molar refractivity (Wildman–Crippen MR) is 110 cm³/mol. The number of hydrogen-bond acceptors (Lipinski definition) is 4. The number of rotatable bonds is 14. The molecular weight excluding hydrogens is 352 g/mol. The second kappa shape index (κ2) is 10.5. The molecule has 0 aromatic heterocycles. The first-order valence-corrected chi connectivity index (χ1v) is 11.7. The molecule has 0 bridgehead atoms. The van der Waals surface area contributed by atoms with E-state index in [1.54, 1.807) is 0 Å². The van der Waals surface area contributed by atoms with Gasteiger partial charge in [0.2, 0.25) is 5.78 Å². The van der Waals surface area contributed by atoms with Crippen LogP contribution >= 0.6 is 0 Å². The van der Waals surface area contributed by atoms with Gasteiger partial charge in [-0.05, 0) is 49.4 Å². The molecule has 3 rings (SSSR count). The largest absolute Gasteiger partial charge is 0.511 e. The van der Waals surface area contributed by atoms with Crippen molar-refractivity contribution < 1.29 is 19.4 Å². The topological polar surface area (TPSA) is 63.6 Å². The normalized spacial score (nSPS) is 30.5. The first-order valence-electron chi connectivity index (χ1n) is 11.7. The lowest BCUT2D eigenvalue weighted by molar-refractivity contribution is -0.135. The molecule has 4 heteroatoms. The summed E-state index contributed by atoms with van der Waals surface area (Å²) in [4.78, 5) is 22.9. The molecule has 2 saturated carbocycles. The fraction of sp³-hybridized carbons (Fsp3) is 0.833. The number of allylic oxidation sites excluding steroid dienone is 1. The molecule has 1 aliphatic heterocycles. The number of esters is 1. The van der Waals surface area contributed by atoms with E-state index in [1.165, 1.54) is 70.6 Å². The van der Waals surface area contributed by atoms with Crippen molar-refractivity contribution in [3.05, 3.63) is 11.3 Å². The summed E-state index contributed by atoms with van der Waals surface area (Å²) >= 11 is 0. The van der Waals surface area contributed by atoms with Crippen LogP contribution in [0.25, 0.3) is 0 Å². The van der Waals surface area contributed by atoms with E-state index in [-0.39, 0.29) is 23.7 Å². The highest BCUT2D eigenvalue weighted by atomic mass is 16.5. The Bertz CT molecular complexity index is 561. The van der Waals surface area contributed by atoms with Gasteiger partial charge in [-0.1, -0.05) is 64.7 Å². The molecule has 4 unspecified atom stereocenters. The van der Waals surface area contributed by atoms with Crippen LogP contribution in [0, 0.1) is 23.7 Å². The molecule has 0 aromatic rings. The number of aliphatic hydroxyl groups is 1. The average Bonchev–Trinajstić information content (AvgIpc) is 3.56. The molecule has 0 radical (unpaired) electrons. The van der Waals surface area contributed by atoms with Crippen LogP contribution < -0.4 is 0 Å². The number of carbonyl (C=O) groups is 2. The molecule has 158 valence electrons. The molecule has 1 heterocycles. The smallest absolute Gasteiger partial charge is 0.345 e. The summed E-state index contributed by atoms with van der Waals surface area (Å²) in [7, 11) is 0. The second-order valence-corrected chi connectivity index (χ2v) is 9.37. The van der Waals surface area contributed by atoms with E-state index >= 15 is 0 Å². The summed E-state index contributed by atoms with van der Waals surface area (Å²) in [5, 5.41) is 9.92. The molecule has 4 atom stereocenters. The van der Waals surface area contributed by atoms with E-state index in [0.717, 1.165) is 36.5 Å². The number of hydrogen-bond donors (Lipinski definition) is 1. The van der Waals surface area contributed by atoms with Crippen molar-refractivity contribution in [1.29, 1.82) is 0 Å². The molecule has 0 spiro atoms. The van der Waals surface area contributed by atoms with Crippen LogP contribution in [-0.4, -0.2) is 23.5 Å². The van der Waals surface area contributed by atoms with E-state index in [2.05, 4.69) is 11.7 Å². The zero-order chi connectivity index (χ0) is 19.9. The van der Waals surface area contributed by atoms with Crippen molar-refractivity contribution in [2.45, 2.75) is 96.8 Å². The number of Topliss-reactive ketones (excluding diaryl/α,β-unsaturated/α-hetero) is 1. The Morgan fingerprint density at radius 2 is 1.50 bits per heavy atom. The second-order valence-electron chi connectivity index (χ2n) is 9.37. The van der Waals surface area contributed by atoms with Gasteiger partial charge in [-0.25, -0.2) is 4.79 Å². The quantitative estimate of drug-likeness (QED) is 0.132. The third kappa shape index (κ3) is 6.35. The highest BCUT2D eigenvalue weighted by Crippen LogP contribution is 2.54. The molecule has 2 aliphatic carbocycles. The summed E-state index contributed by atoms with van der Waals surface area (Å²) < 4.78 is 4.64. The maximum Gasteiger partial charge on any atom is 0.345 e. The summed E-state index contributed by atoms with van der Waals surface area (Å²) in [5.41, 5.74) is -0.122. The fourth-order valence-corrected chi connectivity index (χ4v) is 4.97. The highest BCUT2D eigenvalue weighted by molar-refractivity contribution is 6.22. The van der Waals surface area contributed by atoms with Crippen LogP contribution in [0.1, 0.15) is 96.8 Å². The Morgan fingerprint density at radius 1 is 0.893 bits per heavy atom. The highest BCUT2D eigenvalue weighted by Gasteiger charge is 2.44. The van der Waals surface area contributed by atoms with Crippen molar-refractivity contribution >= 4 is 11.8 Å². The maximum absolute atomic E-state index is 11.5. The van der Waals surface area contributed by atoms with Gasteiger partial charge < -0.3 is 9.84 Å². The zero-order valence-corrected chi connectivity index (χ0v) is 17.6. The number of carbonyl (C=O) groups excluding carboxylic acids is 2. The van der Waals surface area contributed by atoms with Crippen LogP contribution in [0.2, 0.25) is 0 Å². The standard InChI is InChI=1S/C24H38O4/c1-2-3-7-10-17-13-19(17)15-20-14-18(20)11-8-5-4-6-9-12-21(25)23-22(26)16-28-24(23)27/h17-20,25H,2-16H2,1H3. The first kappa shape index (κ1) is 21.4. The van der Waals surface area contributed by atoms with Crippen molar-refractivity contribution in [2.24, 2.45) is 23.7 Å². The molecule has 0 aromatic carbocycles. The Balaban J connectivity index is 1.15. The van der Waals surface area contributed by atoms with Gasteiger partial charge in [0.15, 0.2) is 6.61 Å². The molecule has 1 N–H and O–H groups in total. The molecule has 4 nitrogen and oxygen atoms in total. The number of cyclic esters (lactones) is 1. The van der Waals surface area contributed by atoms with E-state index in [4.69, 9.17) is 0 Å². The third-order valence-corrected chi connectivity index (χ3v) is 7.02. The lowest BCUT2D eigenvalue weighted by Gasteiger charge is -2.04. The van der Waals surface area contributed by atoms with Gasteiger partial charge in [-0.2, -0.15) is 0 Å². The van der Waals surface area contributed by atoms with Gasteiger partial charge in [0.25, 0.3) is 0 Å². The van der Waals surface area contributed by atoms with Crippen LogP contribution in [0.15, 0.2) is 11.3 Å². The summed E-state index contributed by atoms with van der Waals surface area (Å²) in [5.74, 6) is 3.04. The number of unbranched alkanes of at least 4 members (excludes halogenated alkanes) is 6. The fourth-order valence-electron chi connectivity index (χ4n) is 4.97. The maximum atomic E-state index is 11.5. The van der Waals surface area contributed by atoms with E-state index in [9.17, 15) is 14.7 Å². The first-order chi connectivity index (χ1) is 13.6. The number of ether oxygens (including phenoxy) is 1. The Kier molecular flexibility index (Phi) is 7.99. The van der Waals surface area contributed by atoms with Crippen LogP contribution in [0.5, 0.6) is 0 Å². The summed E-state index contributed by atoms with van der Waals surface area (Å²) in [6.07, 6.45) is 17.6. The Hall–Kier alpha value is -1.32. The predicted octanol–water partition coefficient (Wildman–Crippen LogP) is 5.90. The van der Waals surface area contributed by atoms with Gasteiger partial charge in [0.05, 0.1) is 0 Å². The van der Waals surface area contributed by atoms with Crippen molar-refractivity contribution in [2.75, 3.05) is 6.61 Å². The molecule has 3 aliphatic rings. The molecule has 1 saturated heterocycles. The molecule has 3 fully saturated rings. The zero-order valence-electron chi connectivity index (χ0n) is 17.6. The third-order valence-electron chi connectivity index (χ3n) is 7.02. The lowest BCUT2D eigenvalue weighted by atomic mass is 10.0. The van der Waals surface area contributed by atoms with Crippen LogP contribution in [-0.2, 0) is 14.3 Å². The molecule has 28 heavy (non-hydrogen) atoms. The number of aliphatic hydroxyl groups excluding tert-OH is 1. The van der Waals surface area contributed by atoms with Gasteiger partial charge in [-0.3, -0.25) is 4.79 Å². The van der Waals surface area contributed by atoms with Gasteiger partial charge in [-0.15, -0.1) is 0 Å². The molecular formula is C24H38O4. The Morgan fingerprint density at radius 3 is 2.11 bits per heavy atom. The summed E-state index contributed by atoms with van der Waals surface area (Å²) in [6, 6.07) is 0. The minimum atomic E-state index is -0.667. The number of ketones is 1. The van der Waals surface area contributed by atoms with E-state index in [1.807, 2.05) is 0 Å². The van der Waals surface area contributed by atoms with Crippen molar-refractivity contribution in [3.8, 4) is 0 Å².